The molecule has 15 heavy (non-hydrogen) atoms. The van der Waals surface area contributed by atoms with Gasteiger partial charge in [-0.3, -0.25) is 4.55 Å². The third-order valence-electron chi connectivity index (χ3n) is 2.10. The molecule has 0 bridgehead atoms. The Hall–Kier alpha value is 0.0469. The maximum absolute atomic E-state index is 9.87. The Bertz CT molecular complexity index is 248. The third kappa shape index (κ3) is 7.92. The number of aliphatic hydroxyl groups is 1. The van der Waals surface area contributed by atoms with Crippen molar-refractivity contribution in [3.05, 3.63) is 0 Å². The van der Waals surface area contributed by atoms with E-state index in [1.807, 2.05) is 0 Å². The predicted molar refractivity (Wildman–Crippen MR) is 60.9 cm³/mol. The van der Waals surface area contributed by atoms with Crippen LogP contribution in [-0.2, 0) is 14.5 Å². The van der Waals surface area contributed by atoms with Gasteiger partial charge in [-0.1, -0.05) is 13.3 Å². The zero-order valence-corrected chi connectivity index (χ0v) is 11.2. The van der Waals surface area contributed by atoms with E-state index in [9.17, 15) is 8.42 Å². The van der Waals surface area contributed by atoms with Gasteiger partial charge in [-0.25, -0.2) is 0 Å². The van der Waals surface area contributed by atoms with E-state index in [4.69, 9.17) is 14.1 Å². The molecule has 1 saturated heterocycles. The van der Waals surface area contributed by atoms with Crippen LogP contribution in [0.2, 0.25) is 12.6 Å². The molecule has 1 heterocycles. The van der Waals surface area contributed by atoms with Crippen LogP contribution in [0.25, 0.3) is 0 Å². The summed E-state index contributed by atoms with van der Waals surface area (Å²) in [6, 6.07) is 1.40. The molecule has 0 radical (unpaired) electrons. The highest BCUT2D eigenvalue weighted by Gasteiger charge is 2.15. The second-order valence-electron chi connectivity index (χ2n) is 3.56. The molecule has 7 heteroatoms. The lowest BCUT2D eigenvalue weighted by Crippen LogP contribution is -2.18. The molecule has 2 unspecified atom stereocenters. The Morgan fingerprint density at radius 2 is 2.07 bits per heavy atom. The van der Waals surface area contributed by atoms with Gasteiger partial charge in [0.15, 0.2) is 14.5 Å². The lowest BCUT2D eigenvalue weighted by Gasteiger charge is -2.16. The molecule has 0 aromatic heterocycles. The lowest BCUT2D eigenvalue weighted by atomic mass is 10.4. The number of hydrogen-bond acceptors (Lipinski definition) is 4. The van der Waals surface area contributed by atoms with E-state index in [1.165, 1.54) is 25.8 Å². The normalized spacial score (nSPS) is 23.9. The van der Waals surface area contributed by atoms with Crippen LogP contribution in [0.3, 0.4) is 0 Å². The minimum absolute atomic E-state index is 0.0127. The van der Waals surface area contributed by atoms with Gasteiger partial charge in [-0.15, -0.1) is 0 Å². The quantitative estimate of drug-likeness (QED) is 0.563. The molecule has 0 saturated carbocycles. The first-order valence-corrected chi connectivity index (χ1v) is 9.08. The SMILES string of the molecule is CCC(O)S(=O)(=O)O.C[SiH]1CCCCO1. The first kappa shape index (κ1) is 15.0. The van der Waals surface area contributed by atoms with Gasteiger partial charge >= 0.3 is 0 Å². The van der Waals surface area contributed by atoms with E-state index in [2.05, 4.69) is 6.55 Å². The molecule has 1 rings (SSSR count). The highest BCUT2D eigenvalue weighted by atomic mass is 32.2. The number of aliphatic hydroxyl groups excluding tert-OH is 1. The number of hydrogen-bond donors (Lipinski definition) is 2. The van der Waals surface area contributed by atoms with Crippen LogP contribution in [0, 0.1) is 0 Å². The highest BCUT2D eigenvalue weighted by molar-refractivity contribution is 7.86. The summed E-state index contributed by atoms with van der Waals surface area (Å²) in [6.45, 7) is 4.78. The summed E-state index contributed by atoms with van der Waals surface area (Å²) >= 11 is 0. The molecule has 0 amide bonds. The Labute approximate surface area is 92.9 Å². The van der Waals surface area contributed by atoms with Crippen LogP contribution in [0.15, 0.2) is 0 Å². The molecular weight excluding hydrogens is 236 g/mol. The lowest BCUT2D eigenvalue weighted by molar-refractivity contribution is 0.229. The van der Waals surface area contributed by atoms with Gasteiger partial charge in [0.25, 0.3) is 10.1 Å². The van der Waals surface area contributed by atoms with Crippen molar-refractivity contribution in [1.82, 2.24) is 0 Å². The minimum Gasteiger partial charge on any atom is -0.420 e. The standard InChI is InChI=1S/C5H12OSi.C3H8O4S/c1-7-5-3-2-4-6-7;1-2-3(4)8(5,6)7/h7H,2-5H2,1H3;3-4H,2H2,1H3,(H,5,6,7). The van der Waals surface area contributed by atoms with Crippen molar-refractivity contribution in [2.45, 2.75) is 44.2 Å². The minimum atomic E-state index is -4.20. The van der Waals surface area contributed by atoms with Crippen molar-refractivity contribution < 1.29 is 22.5 Å². The molecule has 2 N–H and O–H groups in total. The van der Waals surface area contributed by atoms with Crippen molar-refractivity contribution >= 4 is 19.2 Å². The van der Waals surface area contributed by atoms with Crippen molar-refractivity contribution in [2.24, 2.45) is 0 Å². The van der Waals surface area contributed by atoms with Gasteiger partial charge in [0.1, 0.15) is 0 Å². The van der Waals surface area contributed by atoms with E-state index in [0.717, 1.165) is 6.61 Å². The van der Waals surface area contributed by atoms with Crippen molar-refractivity contribution in [1.29, 1.82) is 0 Å². The summed E-state index contributed by atoms with van der Waals surface area (Å²) < 4.78 is 33.2. The first-order valence-electron chi connectivity index (χ1n) is 5.14. The van der Waals surface area contributed by atoms with Gasteiger partial charge in [0, 0.05) is 6.61 Å². The Balaban J connectivity index is 0.000000262. The molecular formula is C8H20O5SSi. The first-order chi connectivity index (χ1) is 6.88. The van der Waals surface area contributed by atoms with E-state index in [1.54, 1.807) is 0 Å². The van der Waals surface area contributed by atoms with Crippen LogP contribution in [0.1, 0.15) is 26.2 Å². The fourth-order valence-electron chi connectivity index (χ4n) is 1.11. The van der Waals surface area contributed by atoms with Crippen LogP contribution < -0.4 is 0 Å². The van der Waals surface area contributed by atoms with Crippen LogP contribution in [0.4, 0.5) is 0 Å². The van der Waals surface area contributed by atoms with Gasteiger partial charge in [-0.05, 0) is 25.4 Å². The fourth-order valence-corrected chi connectivity index (χ4v) is 3.13. The maximum atomic E-state index is 9.87. The summed E-state index contributed by atoms with van der Waals surface area (Å²) in [4.78, 5) is 0. The zero-order chi connectivity index (χ0) is 11.9. The second kappa shape index (κ2) is 7.34. The molecule has 1 aliphatic heterocycles. The zero-order valence-electron chi connectivity index (χ0n) is 9.22. The number of rotatable bonds is 2. The monoisotopic (exact) mass is 256 g/mol. The Morgan fingerprint density at radius 1 is 1.47 bits per heavy atom. The molecule has 92 valence electrons. The molecule has 5 nitrogen and oxygen atoms in total. The van der Waals surface area contributed by atoms with Crippen molar-refractivity contribution in [3.8, 4) is 0 Å². The molecule has 0 aliphatic carbocycles. The molecule has 2 atom stereocenters. The van der Waals surface area contributed by atoms with E-state index >= 15 is 0 Å². The smallest absolute Gasteiger partial charge is 0.291 e. The van der Waals surface area contributed by atoms with Gasteiger partial charge in [0.05, 0.1) is 0 Å². The summed E-state index contributed by atoms with van der Waals surface area (Å²) in [6.07, 6.45) is 2.74. The van der Waals surface area contributed by atoms with Gasteiger partial charge in [-0.2, -0.15) is 8.42 Å². The van der Waals surface area contributed by atoms with Gasteiger partial charge < -0.3 is 9.53 Å². The Kier molecular flexibility index (Phi) is 7.36. The molecule has 0 aromatic rings. The van der Waals surface area contributed by atoms with Crippen molar-refractivity contribution in [3.63, 3.8) is 0 Å². The second-order valence-corrected chi connectivity index (χ2v) is 7.66. The average Bonchev–Trinajstić information content (AvgIpc) is 2.17. The van der Waals surface area contributed by atoms with Crippen molar-refractivity contribution in [2.75, 3.05) is 6.61 Å². The average molecular weight is 256 g/mol. The molecule has 0 spiro atoms. The maximum Gasteiger partial charge on any atom is 0.291 e. The Morgan fingerprint density at radius 3 is 2.20 bits per heavy atom. The third-order valence-corrected chi connectivity index (χ3v) is 5.15. The predicted octanol–water partition coefficient (Wildman–Crippen LogP) is 0.753. The summed E-state index contributed by atoms with van der Waals surface area (Å²) in [5.74, 6) is 0. The van der Waals surface area contributed by atoms with Gasteiger partial charge in [0.2, 0.25) is 0 Å². The van der Waals surface area contributed by atoms with Crippen LogP contribution in [0.5, 0.6) is 0 Å². The van der Waals surface area contributed by atoms with E-state index in [0.29, 0.717) is 0 Å². The molecule has 1 aliphatic rings. The summed E-state index contributed by atoms with van der Waals surface area (Å²) in [5, 5.41) is 8.36. The largest absolute Gasteiger partial charge is 0.420 e. The fraction of sp³-hybridized carbons (Fsp3) is 1.00. The molecule has 1 fully saturated rings. The van der Waals surface area contributed by atoms with Crippen LogP contribution in [-0.4, -0.2) is 39.2 Å². The summed E-state index contributed by atoms with van der Waals surface area (Å²) in [7, 11) is -4.79. The van der Waals surface area contributed by atoms with Crippen LogP contribution >= 0.6 is 0 Å². The van der Waals surface area contributed by atoms with E-state index < -0.39 is 24.6 Å². The highest BCUT2D eigenvalue weighted by Crippen LogP contribution is 2.09. The molecule has 0 aromatic carbocycles. The topological polar surface area (TPSA) is 83.8 Å². The summed E-state index contributed by atoms with van der Waals surface area (Å²) in [5.41, 5.74) is -1.62. The van der Waals surface area contributed by atoms with E-state index in [-0.39, 0.29) is 6.42 Å².